The van der Waals surface area contributed by atoms with Crippen molar-refractivity contribution in [3.05, 3.63) is 65.2 Å². The van der Waals surface area contributed by atoms with E-state index in [0.29, 0.717) is 22.3 Å². The molecule has 1 aromatic carbocycles. The fourth-order valence-electron chi connectivity index (χ4n) is 4.14. The van der Waals surface area contributed by atoms with E-state index in [1.807, 2.05) is 49.3 Å². The summed E-state index contributed by atoms with van der Waals surface area (Å²) in [6.07, 6.45) is 3.31. The van der Waals surface area contributed by atoms with E-state index < -0.39 is 0 Å². The smallest absolute Gasteiger partial charge is 0.143 e. The van der Waals surface area contributed by atoms with E-state index in [-0.39, 0.29) is 5.82 Å². The monoisotopic (exact) mass is 514 g/mol. The Labute approximate surface area is 216 Å². The van der Waals surface area contributed by atoms with Crippen molar-refractivity contribution in [3.8, 4) is 11.3 Å². The Morgan fingerprint density at radius 3 is 2.54 bits per heavy atom. The Bertz CT molecular complexity index is 1150. The van der Waals surface area contributed by atoms with Gasteiger partial charge in [0.05, 0.1) is 15.6 Å². The van der Waals surface area contributed by atoms with Gasteiger partial charge in [-0.05, 0) is 61.7 Å². The zero-order valence-electron chi connectivity index (χ0n) is 20.6. The normalized spacial score (nSPS) is 14.9. The summed E-state index contributed by atoms with van der Waals surface area (Å²) in [7, 11) is 3.87. The predicted molar refractivity (Wildman–Crippen MR) is 145 cm³/mol. The Morgan fingerprint density at radius 2 is 1.86 bits per heavy atom. The first-order chi connectivity index (χ1) is 16.8. The number of nitrogens with zero attached hydrogens (tertiary/aromatic N) is 5. The first-order valence-electron chi connectivity index (χ1n) is 11.8. The van der Waals surface area contributed by atoms with Crippen LogP contribution in [0.2, 0.25) is 5.02 Å². The summed E-state index contributed by atoms with van der Waals surface area (Å²) in [5.41, 5.74) is 2.88. The molecule has 0 amide bonds. The second-order valence-electron chi connectivity index (χ2n) is 9.22. The van der Waals surface area contributed by atoms with Crippen molar-refractivity contribution in [2.45, 2.75) is 31.3 Å². The van der Waals surface area contributed by atoms with Crippen LogP contribution in [0.4, 0.5) is 15.9 Å². The summed E-state index contributed by atoms with van der Waals surface area (Å²) in [6.45, 7) is 9.35. The van der Waals surface area contributed by atoms with E-state index in [4.69, 9.17) is 11.6 Å². The lowest BCUT2D eigenvalue weighted by Gasteiger charge is -2.36. The predicted octanol–water partition coefficient (Wildman–Crippen LogP) is 5.65. The number of rotatable bonds is 8. The van der Waals surface area contributed by atoms with Crippen LogP contribution in [0.15, 0.2) is 53.7 Å². The molecule has 9 heteroatoms. The number of pyridine rings is 2. The Balaban J connectivity index is 1.43. The van der Waals surface area contributed by atoms with E-state index >= 15 is 4.39 Å². The average Bonchev–Trinajstić information content (AvgIpc) is 2.83. The molecule has 1 fully saturated rings. The van der Waals surface area contributed by atoms with Crippen molar-refractivity contribution >= 4 is 35.1 Å². The van der Waals surface area contributed by atoms with Crippen molar-refractivity contribution < 1.29 is 4.39 Å². The number of hydrogen-bond acceptors (Lipinski definition) is 7. The second kappa shape index (κ2) is 11.6. The van der Waals surface area contributed by atoms with E-state index in [1.165, 1.54) is 11.9 Å². The zero-order chi connectivity index (χ0) is 24.9. The summed E-state index contributed by atoms with van der Waals surface area (Å²) in [6, 6.07) is 11.6. The fourth-order valence-corrected chi connectivity index (χ4v) is 5.23. The van der Waals surface area contributed by atoms with Crippen LogP contribution in [0.3, 0.4) is 0 Å². The molecule has 0 aliphatic carbocycles. The molecule has 0 unspecified atom stereocenters. The van der Waals surface area contributed by atoms with Gasteiger partial charge in [0.25, 0.3) is 0 Å². The molecular formula is C26H32ClFN6S. The van der Waals surface area contributed by atoms with Crippen molar-refractivity contribution in [2.24, 2.45) is 0 Å². The van der Waals surface area contributed by atoms with Crippen LogP contribution in [-0.2, 0) is 6.54 Å². The van der Waals surface area contributed by atoms with Crippen LogP contribution in [-0.4, -0.2) is 66.1 Å². The molecule has 0 radical (unpaired) electrons. The van der Waals surface area contributed by atoms with Gasteiger partial charge in [0.15, 0.2) is 0 Å². The van der Waals surface area contributed by atoms with Crippen molar-refractivity contribution in [2.75, 3.05) is 49.9 Å². The first-order valence-corrected chi connectivity index (χ1v) is 13.0. The van der Waals surface area contributed by atoms with Gasteiger partial charge in [0, 0.05) is 76.5 Å². The summed E-state index contributed by atoms with van der Waals surface area (Å²) in [5, 5.41) is 0.569. The van der Waals surface area contributed by atoms with E-state index in [9.17, 15) is 0 Å². The highest BCUT2D eigenvalue weighted by molar-refractivity contribution is 8.00. The van der Waals surface area contributed by atoms with E-state index in [0.717, 1.165) is 54.7 Å². The molecule has 0 atom stereocenters. The number of anilines is 2. The van der Waals surface area contributed by atoms with Gasteiger partial charge in [0.2, 0.25) is 0 Å². The number of nitrogens with one attached hydrogen (secondary N) is 1. The van der Waals surface area contributed by atoms with Gasteiger partial charge >= 0.3 is 0 Å². The van der Waals surface area contributed by atoms with Crippen LogP contribution < -0.4 is 9.62 Å². The lowest BCUT2D eigenvalue weighted by atomic mass is 10.1. The maximum absolute atomic E-state index is 15.1. The molecule has 186 valence electrons. The van der Waals surface area contributed by atoms with Crippen LogP contribution in [0.5, 0.6) is 0 Å². The van der Waals surface area contributed by atoms with Crippen LogP contribution >= 0.6 is 23.5 Å². The molecule has 1 aliphatic heterocycles. The molecule has 3 heterocycles. The summed E-state index contributed by atoms with van der Waals surface area (Å²) >= 11 is 7.55. The van der Waals surface area contributed by atoms with Crippen LogP contribution in [0.25, 0.3) is 11.3 Å². The minimum absolute atomic E-state index is 0.255. The molecular weight excluding hydrogens is 483 g/mol. The summed E-state index contributed by atoms with van der Waals surface area (Å²) < 4.78 is 18.4. The minimum atomic E-state index is -0.255. The van der Waals surface area contributed by atoms with E-state index in [1.54, 1.807) is 18.5 Å². The maximum Gasteiger partial charge on any atom is 0.143 e. The lowest BCUT2D eigenvalue weighted by Crippen LogP contribution is -2.48. The van der Waals surface area contributed by atoms with Gasteiger partial charge in [-0.25, -0.2) is 9.37 Å². The van der Waals surface area contributed by atoms with Crippen molar-refractivity contribution in [1.82, 2.24) is 19.8 Å². The molecule has 3 aromatic rings. The third-order valence-corrected chi connectivity index (χ3v) is 7.18. The number of benzene rings is 1. The van der Waals surface area contributed by atoms with Gasteiger partial charge in [-0.3, -0.25) is 14.8 Å². The van der Waals surface area contributed by atoms with Crippen molar-refractivity contribution in [3.63, 3.8) is 0 Å². The minimum Gasteiger partial charge on any atom is -0.362 e. The Hall–Kier alpha value is -2.39. The standard InChI is InChI=1S/C26H32ClFN6S/c1-18(2)34-11-9-33(10-12-34)17-19-5-6-22(23(28)13-19)24-15-21(7-8-29-24)31-35-25-14-20(27)16-30-26(25)32(3)4/h5-8,13-16,18H,9-12,17H2,1-4H3,(H,29,31). The lowest BCUT2D eigenvalue weighted by molar-refractivity contribution is 0.104. The highest BCUT2D eigenvalue weighted by Crippen LogP contribution is 2.32. The molecule has 6 nitrogen and oxygen atoms in total. The van der Waals surface area contributed by atoms with Crippen LogP contribution in [0.1, 0.15) is 19.4 Å². The number of hydrogen-bond donors (Lipinski definition) is 1. The van der Waals surface area contributed by atoms with Crippen molar-refractivity contribution in [1.29, 1.82) is 0 Å². The molecule has 4 rings (SSSR count). The second-order valence-corrected chi connectivity index (χ2v) is 10.5. The topological polar surface area (TPSA) is 47.5 Å². The maximum atomic E-state index is 15.1. The highest BCUT2D eigenvalue weighted by atomic mass is 35.5. The molecule has 0 saturated carbocycles. The molecule has 2 aromatic heterocycles. The van der Waals surface area contributed by atoms with Gasteiger partial charge in [-0.1, -0.05) is 17.7 Å². The van der Waals surface area contributed by atoms with Gasteiger partial charge < -0.3 is 9.62 Å². The van der Waals surface area contributed by atoms with Crippen LogP contribution in [0, 0.1) is 5.82 Å². The molecule has 0 bridgehead atoms. The Kier molecular flexibility index (Phi) is 8.49. The number of aromatic nitrogens is 2. The number of piperazine rings is 1. The summed E-state index contributed by atoms with van der Waals surface area (Å²) in [4.78, 5) is 16.5. The number of halogens is 2. The van der Waals surface area contributed by atoms with Gasteiger partial charge in [0.1, 0.15) is 11.6 Å². The summed E-state index contributed by atoms with van der Waals surface area (Å²) in [5.74, 6) is 0.558. The quantitative estimate of drug-likeness (QED) is 0.390. The molecule has 1 N–H and O–H groups in total. The molecule has 1 saturated heterocycles. The van der Waals surface area contributed by atoms with E-state index in [2.05, 4.69) is 38.3 Å². The molecule has 35 heavy (non-hydrogen) atoms. The SMILES string of the molecule is CC(C)N1CCN(Cc2ccc(-c3cc(NSc4cc(Cl)cnc4N(C)C)ccn3)c(F)c2)CC1. The van der Waals surface area contributed by atoms with Gasteiger partial charge in [-0.2, -0.15) is 0 Å². The largest absolute Gasteiger partial charge is 0.362 e. The third-order valence-electron chi connectivity index (χ3n) is 6.11. The zero-order valence-corrected chi connectivity index (χ0v) is 22.2. The molecule has 0 spiro atoms. The Morgan fingerprint density at radius 1 is 1.09 bits per heavy atom. The average molecular weight is 515 g/mol. The first kappa shape index (κ1) is 25.7. The molecule has 1 aliphatic rings. The van der Waals surface area contributed by atoms with Gasteiger partial charge in [-0.15, -0.1) is 0 Å². The third kappa shape index (κ3) is 6.64. The highest BCUT2D eigenvalue weighted by Gasteiger charge is 2.19. The fraction of sp³-hybridized carbons (Fsp3) is 0.385.